The molecule has 2 nitrogen and oxygen atoms in total. The summed E-state index contributed by atoms with van der Waals surface area (Å²) in [6, 6.07) is 23.6. The van der Waals surface area contributed by atoms with Crippen molar-refractivity contribution in [1.82, 2.24) is 5.32 Å². The first kappa shape index (κ1) is 20.5. The van der Waals surface area contributed by atoms with Crippen LogP contribution in [0.3, 0.4) is 0 Å². The number of fused-ring (bicyclic) bond motifs is 1. The van der Waals surface area contributed by atoms with Crippen molar-refractivity contribution in [2.24, 2.45) is 17.3 Å². The molecule has 0 spiro atoms. The molecular weight excluding hydrogens is 382 g/mol. The van der Waals surface area contributed by atoms with Crippen LogP contribution in [0.1, 0.15) is 53.4 Å². The zero-order chi connectivity index (χ0) is 21.0. The third kappa shape index (κ3) is 3.04. The summed E-state index contributed by atoms with van der Waals surface area (Å²) in [6.45, 7) is 10.5. The Balaban J connectivity index is 1.57. The third-order valence-corrected chi connectivity index (χ3v) is 13.4. The summed E-state index contributed by atoms with van der Waals surface area (Å²) in [4.78, 5) is 0. The molecule has 0 amide bonds. The number of piperidine rings is 1. The monoisotopic (exact) mass is 419 g/mol. The van der Waals surface area contributed by atoms with Crippen molar-refractivity contribution < 1.29 is 4.43 Å². The topological polar surface area (TPSA) is 21.3 Å². The molecule has 1 aliphatic heterocycles. The van der Waals surface area contributed by atoms with Crippen LogP contribution in [-0.2, 0) is 4.43 Å². The standard InChI is InChI=1S/C27H37NOSi/c1-20-15-21-17-22-18-27(21,25(16-20)28-22)19-29-30(26(2,3)4,23-11-7-5-8-12-23)24-13-9-6-10-14-24/h5-14,20-22,25,28H,15-19H2,1-4H3/t20-,21+,22-,25+,27+/m0/s1. The van der Waals surface area contributed by atoms with E-state index in [2.05, 4.69) is 93.7 Å². The van der Waals surface area contributed by atoms with Gasteiger partial charge in [-0.2, -0.15) is 0 Å². The van der Waals surface area contributed by atoms with Gasteiger partial charge in [-0.25, -0.2) is 0 Å². The average Bonchev–Trinajstić information content (AvgIpc) is 3.24. The zero-order valence-corrected chi connectivity index (χ0v) is 20.0. The SMILES string of the molecule is C[C@H]1C[C@@H]2C[C@H]3C[C@]2(CO[Si](c2ccccc2)(c2ccccc2)C(C)(C)C)[C@@H](C1)N3. The van der Waals surface area contributed by atoms with Crippen LogP contribution >= 0.6 is 0 Å². The Morgan fingerprint density at radius 1 is 0.933 bits per heavy atom. The molecule has 5 atom stereocenters. The van der Waals surface area contributed by atoms with Gasteiger partial charge in [-0.3, -0.25) is 0 Å². The van der Waals surface area contributed by atoms with Crippen LogP contribution in [0.2, 0.25) is 5.04 Å². The molecule has 3 heteroatoms. The molecular formula is C27H37NOSi. The largest absolute Gasteiger partial charge is 0.407 e. The maximum absolute atomic E-state index is 7.44. The van der Waals surface area contributed by atoms with Crippen molar-refractivity contribution in [1.29, 1.82) is 0 Å². The lowest BCUT2D eigenvalue weighted by molar-refractivity contribution is 0.00998. The van der Waals surface area contributed by atoms with Crippen molar-refractivity contribution in [2.75, 3.05) is 6.61 Å². The first-order valence-corrected chi connectivity index (χ1v) is 13.8. The van der Waals surface area contributed by atoms with E-state index in [1.54, 1.807) is 0 Å². The molecule has 3 fully saturated rings. The van der Waals surface area contributed by atoms with E-state index < -0.39 is 8.32 Å². The Bertz CT molecular complexity index is 819. The smallest absolute Gasteiger partial charge is 0.261 e. The van der Waals surface area contributed by atoms with Crippen LogP contribution < -0.4 is 15.7 Å². The molecule has 1 saturated heterocycles. The van der Waals surface area contributed by atoms with E-state index in [1.807, 2.05) is 0 Å². The fraction of sp³-hybridized carbons (Fsp3) is 0.556. The number of rotatable bonds is 5. The predicted octanol–water partition coefficient (Wildman–Crippen LogP) is 4.73. The van der Waals surface area contributed by atoms with Gasteiger partial charge >= 0.3 is 0 Å². The lowest BCUT2D eigenvalue weighted by Crippen LogP contribution is -2.68. The molecule has 2 aromatic rings. The minimum Gasteiger partial charge on any atom is -0.407 e. The van der Waals surface area contributed by atoms with Crippen LogP contribution in [0.5, 0.6) is 0 Å². The fourth-order valence-electron chi connectivity index (χ4n) is 7.19. The summed E-state index contributed by atoms with van der Waals surface area (Å²) in [6.07, 6.45) is 5.37. The van der Waals surface area contributed by atoms with Crippen molar-refractivity contribution >= 4 is 18.7 Å². The van der Waals surface area contributed by atoms with E-state index in [0.29, 0.717) is 11.5 Å². The Labute approximate surface area is 183 Å². The Hall–Kier alpha value is -1.42. The van der Waals surface area contributed by atoms with E-state index in [-0.39, 0.29) is 5.04 Å². The second-order valence-corrected chi connectivity index (χ2v) is 15.6. The van der Waals surface area contributed by atoms with Gasteiger partial charge in [0, 0.05) is 24.1 Å². The third-order valence-electron chi connectivity index (χ3n) is 8.44. The quantitative estimate of drug-likeness (QED) is 0.708. The van der Waals surface area contributed by atoms with Gasteiger partial charge in [-0.05, 0) is 52.9 Å². The molecule has 2 aromatic carbocycles. The molecule has 2 saturated carbocycles. The van der Waals surface area contributed by atoms with Crippen LogP contribution in [0.4, 0.5) is 0 Å². The van der Waals surface area contributed by atoms with Crippen molar-refractivity contribution in [3.8, 4) is 0 Å². The molecule has 0 aromatic heterocycles. The highest BCUT2D eigenvalue weighted by molar-refractivity contribution is 6.99. The first-order chi connectivity index (χ1) is 14.3. The van der Waals surface area contributed by atoms with Crippen LogP contribution in [-0.4, -0.2) is 27.0 Å². The Morgan fingerprint density at radius 2 is 1.53 bits per heavy atom. The average molecular weight is 420 g/mol. The molecule has 1 N–H and O–H groups in total. The maximum atomic E-state index is 7.44. The molecule has 3 aliphatic rings. The van der Waals surface area contributed by atoms with Crippen LogP contribution in [0.25, 0.3) is 0 Å². The summed E-state index contributed by atoms with van der Waals surface area (Å²) in [5.74, 6) is 1.67. The summed E-state index contributed by atoms with van der Waals surface area (Å²) in [7, 11) is -2.45. The Morgan fingerprint density at radius 3 is 2.07 bits per heavy atom. The van der Waals surface area contributed by atoms with Crippen molar-refractivity contribution in [3.63, 3.8) is 0 Å². The van der Waals surface area contributed by atoms with Crippen LogP contribution in [0.15, 0.2) is 60.7 Å². The normalized spacial score (nSPS) is 33.1. The van der Waals surface area contributed by atoms with Gasteiger partial charge in [0.2, 0.25) is 0 Å². The minimum atomic E-state index is -2.45. The van der Waals surface area contributed by atoms with E-state index >= 15 is 0 Å². The highest BCUT2D eigenvalue weighted by Gasteiger charge is 2.61. The van der Waals surface area contributed by atoms with Gasteiger partial charge in [0.15, 0.2) is 0 Å². The van der Waals surface area contributed by atoms with Gasteiger partial charge in [0.1, 0.15) is 0 Å². The highest BCUT2D eigenvalue weighted by atomic mass is 28.4. The fourth-order valence-corrected chi connectivity index (χ4v) is 11.8. The molecule has 0 radical (unpaired) electrons. The van der Waals surface area contributed by atoms with Gasteiger partial charge in [-0.1, -0.05) is 88.4 Å². The number of nitrogens with one attached hydrogen (secondary N) is 1. The second-order valence-electron chi connectivity index (χ2n) is 11.3. The number of hydrogen-bond acceptors (Lipinski definition) is 2. The predicted molar refractivity (Wildman–Crippen MR) is 128 cm³/mol. The van der Waals surface area contributed by atoms with Crippen LogP contribution in [0, 0.1) is 17.3 Å². The summed E-state index contributed by atoms with van der Waals surface area (Å²) in [5.41, 5.74) is 0.338. The van der Waals surface area contributed by atoms with E-state index in [1.165, 1.54) is 36.1 Å². The van der Waals surface area contributed by atoms with Gasteiger partial charge < -0.3 is 9.74 Å². The number of benzene rings is 2. The molecule has 1 heterocycles. The van der Waals surface area contributed by atoms with Gasteiger partial charge in [-0.15, -0.1) is 0 Å². The Kier molecular flexibility index (Phi) is 5.00. The van der Waals surface area contributed by atoms with Crippen molar-refractivity contribution in [2.45, 2.75) is 70.5 Å². The highest BCUT2D eigenvalue weighted by Crippen LogP contribution is 2.58. The van der Waals surface area contributed by atoms with Gasteiger partial charge in [0.05, 0.1) is 0 Å². The van der Waals surface area contributed by atoms with E-state index in [4.69, 9.17) is 4.43 Å². The van der Waals surface area contributed by atoms with E-state index in [0.717, 1.165) is 24.5 Å². The molecule has 30 heavy (non-hydrogen) atoms. The molecule has 5 rings (SSSR count). The van der Waals surface area contributed by atoms with E-state index in [9.17, 15) is 0 Å². The second kappa shape index (κ2) is 7.32. The summed E-state index contributed by atoms with van der Waals surface area (Å²) >= 11 is 0. The van der Waals surface area contributed by atoms with Gasteiger partial charge in [0.25, 0.3) is 8.32 Å². The van der Waals surface area contributed by atoms with Crippen molar-refractivity contribution in [3.05, 3.63) is 60.7 Å². The zero-order valence-electron chi connectivity index (χ0n) is 19.0. The maximum Gasteiger partial charge on any atom is 0.261 e. The first-order valence-electron chi connectivity index (χ1n) is 11.9. The summed E-state index contributed by atoms with van der Waals surface area (Å²) < 4.78 is 7.44. The lowest BCUT2D eigenvalue weighted by atomic mass is 9.63. The molecule has 2 aliphatic carbocycles. The molecule has 2 bridgehead atoms. The number of hydrogen-bond donors (Lipinski definition) is 1. The minimum absolute atomic E-state index is 0.0544. The molecule has 160 valence electrons. The summed E-state index contributed by atoms with van der Waals surface area (Å²) in [5, 5.41) is 6.84. The molecule has 0 unspecified atom stereocenters. The lowest BCUT2D eigenvalue weighted by Gasteiger charge is -2.51.